The van der Waals surface area contributed by atoms with Crippen LogP contribution in [0.3, 0.4) is 0 Å². The van der Waals surface area contributed by atoms with Gasteiger partial charge < -0.3 is 0 Å². The van der Waals surface area contributed by atoms with Crippen molar-refractivity contribution in [2.45, 2.75) is 18.9 Å². The van der Waals surface area contributed by atoms with Gasteiger partial charge in [0.05, 0.1) is 6.04 Å². The topological polar surface area (TPSA) is 38.0 Å². The van der Waals surface area contributed by atoms with Gasteiger partial charge in [-0.2, -0.15) is 0 Å². The maximum atomic E-state index is 13.9. The second-order valence-electron chi connectivity index (χ2n) is 4.38. The van der Waals surface area contributed by atoms with E-state index in [0.29, 0.717) is 5.56 Å². The Hall–Kier alpha value is -1.23. The van der Waals surface area contributed by atoms with Crippen LogP contribution < -0.4 is 11.3 Å². The quantitative estimate of drug-likeness (QED) is 0.650. The zero-order valence-corrected chi connectivity index (χ0v) is 12.0. The molecule has 0 amide bonds. The predicted octanol–water partition coefficient (Wildman–Crippen LogP) is 3.73. The molecule has 0 spiro atoms. The molecule has 0 heterocycles. The molecule has 1 unspecified atom stereocenters. The molecule has 2 rings (SSSR count). The predicted molar refractivity (Wildman–Crippen MR) is 78.9 cm³/mol. The van der Waals surface area contributed by atoms with Gasteiger partial charge in [0, 0.05) is 10.0 Å². The summed E-state index contributed by atoms with van der Waals surface area (Å²) in [5.74, 6) is 5.32. The fourth-order valence-corrected chi connectivity index (χ4v) is 2.73. The zero-order valence-electron chi connectivity index (χ0n) is 10.4. The van der Waals surface area contributed by atoms with Crippen LogP contribution in [0.4, 0.5) is 4.39 Å². The maximum Gasteiger partial charge on any atom is 0.129 e. The smallest absolute Gasteiger partial charge is 0.129 e. The third kappa shape index (κ3) is 3.62. The van der Waals surface area contributed by atoms with E-state index >= 15 is 0 Å². The SMILES string of the molecule is NNC(CCc1ccccc1)c1c(F)cccc1Br. The van der Waals surface area contributed by atoms with Gasteiger partial charge in [-0.1, -0.05) is 52.3 Å². The van der Waals surface area contributed by atoms with Gasteiger partial charge in [-0.3, -0.25) is 11.3 Å². The Bertz CT molecular complexity index is 511. The van der Waals surface area contributed by atoms with E-state index in [-0.39, 0.29) is 11.9 Å². The summed E-state index contributed by atoms with van der Waals surface area (Å²) >= 11 is 3.38. The molecule has 3 N–H and O–H groups in total. The average Bonchev–Trinajstić information content (AvgIpc) is 2.43. The summed E-state index contributed by atoms with van der Waals surface area (Å²) in [7, 11) is 0. The van der Waals surface area contributed by atoms with Crippen LogP contribution in [0.25, 0.3) is 0 Å². The van der Waals surface area contributed by atoms with Crippen molar-refractivity contribution in [2.75, 3.05) is 0 Å². The summed E-state index contributed by atoms with van der Waals surface area (Å²) in [6.07, 6.45) is 1.58. The second kappa shape index (κ2) is 6.80. The fraction of sp³-hybridized carbons (Fsp3) is 0.200. The number of benzene rings is 2. The molecule has 0 fully saturated rings. The van der Waals surface area contributed by atoms with Gasteiger partial charge >= 0.3 is 0 Å². The molecule has 2 nitrogen and oxygen atoms in total. The number of halogens is 2. The maximum absolute atomic E-state index is 13.9. The first-order valence-electron chi connectivity index (χ1n) is 6.16. The molecule has 0 aromatic heterocycles. The van der Waals surface area contributed by atoms with E-state index in [2.05, 4.69) is 33.5 Å². The highest BCUT2D eigenvalue weighted by molar-refractivity contribution is 9.10. The molecule has 4 heteroatoms. The third-order valence-corrected chi connectivity index (χ3v) is 3.81. The van der Waals surface area contributed by atoms with Crippen LogP contribution in [0.2, 0.25) is 0 Å². The standard InChI is InChI=1S/C15H16BrFN2/c16-12-7-4-8-13(17)15(12)14(19-18)10-9-11-5-2-1-3-6-11/h1-8,14,19H,9-10,18H2. The zero-order chi connectivity index (χ0) is 13.7. The van der Waals surface area contributed by atoms with Crippen LogP contribution in [0.15, 0.2) is 53.0 Å². The lowest BCUT2D eigenvalue weighted by molar-refractivity contribution is 0.483. The number of hydrazine groups is 1. The van der Waals surface area contributed by atoms with Crippen molar-refractivity contribution in [3.63, 3.8) is 0 Å². The highest BCUT2D eigenvalue weighted by Crippen LogP contribution is 2.28. The van der Waals surface area contributed by atoms with Gasteiger partial charge in [0.2, 0.25) is 0 Å². The molecule has 100 valence electrons. The van der Waals surface area contributed by atoms with Crippen LogP contribution in [0, 0.1) is 5.82 Å². The van der Waals surface area contributed by atoms with Gasteiger partial charge in [0.15, 0.2) is 0 Å². The van der Waals surface area contributed by atoms with Crippen molar-refractivity contribution in [2.24, 2.45) is 5.84 Å². The first-order valence-corrected chi connectivity index (χ1v) is 6.95. The summed E-state index contributed by atoms with van der Waals surface area (Å²) in [5, 5.41) is 0. The number of nitrogens with two attached hydrogens (primary N) is 1. The third-order valence-electron chi connectivity index (χ3n) is 3.11. The monoisotopic (exact) mass is 322 g/mol. The Labute approximate surface area is 120 Å². The van der Waals surface area contributed by atoms with E-state index in [1.54, 1.807) is 6.07 Å². The summed E-state index contributed by atoms with van der Waals surface area (Å²) in [4.78, 5) is 0. The fourth-order valence-electron chi connectivity index (χ4n) is 2.11. The van der Waals surface area contributed by atoms with E-state index in [0.717, 1.165) is 17.3 Å². The van der Waals surface area contributed by atoms with E-state index in [4.69, 9.17) is 5.84 Å². The lowest BCUT2D eigenvalue weighted by atomic mass is 9.99. The van der Waals surface area contributed by atoms with Gasteiger partial charge in [-0.15, -0.1) is 0 Å². The summed E-state index contributed by atoms with van der Waals surface area (Å²) in [6.45, 7) is 0. The molecule has 0 bridgehead atoms. The minimum atomic E-state index is -0.245. The minimum Gasteiger partial charge on any atom is -0.271 e. The number of rotatable bonds is 5. The molecular weight excluding hydrogens is 307 g/mol. The molecule has 0 radical (unpaired) electrons. The molecule has 1 atom stereocenters. The van der Waals surface area contributed by atoms with E-state index in [9.17, 15) is 4.39 Å². The van der Waals surface area contributed by atoms with Gasteiger partial charge in [0.25, 0.3) is 0 Å². The van der Waals surface area contributed by atoms with Gasteiger partial charge in [-0.05, 0) is 30.5 Å². The lowest BCUT2D eigenvalue weighted by Crippen LogP contribution is -2.29. The van der Waals surface area contributed by atoms with E-state index in [1.807, 2.05) is 24.3 Å². The molecule has 19 heavy (non-hydrogen) atoms. The summed E-state index contributed by atoms with van der Waals surface area (Å²) in [5.41, 5.74) is 4.50. The van der Waals surface area contributed by atoms with Crippen molar-refractivity contribution >= 4 is 15.9 Å². The average molecular weight is 323 g/mol. The molecule has 2 aromatic rings. The number of hydrogen-bond acceptors (Lipinski definition) is 2. The highest BCUT2D eigenvalue weighted by Gasteiger charge is 2.17. The first kappa shape index (κ1) is 14.2. The minimum absolute atomic E-state index is 0.212. The van der Waals surface area contributed by atoms with Crippen LogP contribution in [0.1, 0.15) is 23.6 Å². The van der Waals surface area contributed by atoms with Crippen molar-refractivity contribution in [1.29, 1.82) is 0 Å². The number of hydrogen-bond donors (Lipinski definition) is 2. The van der Waals surface area contributed by atoms with E-state index in [1.165, 1.54) is 11.6 Å². The van der Waals surface area contributed by atoms with Crippen LogP contribution in [-0.4, -0.2) is 0 Å². The lowest BCUT2D eigenvalue weighted by Gasteiger charge is -2.18. The molecular formula is C15H16BrFN2. The Kier molecular flexibility index (Phi) is 5.07. The summed E-state index contributed by atoms with van der Waals surface area (Å²) in [6, 6.07) is 14.8. The Balaban J connectivity index is 2.12. The normalized spacial score (nSPS) is 12.4. The molecule has 0 aliphatic heterocycles. The van der Waals surface area contributed by atoms with Crippen molar-refractivity contribution in [3.8, 4) is 0 Å². The largest absolute Gasteiger partial charge is 0.271 e. The Morgan fingerprint density at radius 2 is 1.84 bits per heavy atom. The Morgan fingerprint density at radius 1 is 1.11 bits per heavy atom. The number of aryl methyl sites for hydroxylation is 1. The van der Waals surface area contributed by atoms with Crippen molar-refractivity contribution in [3.05, 3.63) is 69.9 Å². The molecule has 0 saturated heterocycles. The molecule has 0 aliphatic rings. The van der Waals surface area contributed by atoms with Crippen LogP contribution in [-0.2, 0) is 6.42 Å². The first-order chi connectivity index (χ1) is 9.22. The molecule has 2 aromatic carbocycles. The highest BCUT2D eigenvalue weighted by atomic mass is 79.9. The second-order valence-corrected chi connectivity index (χ2v) is 5.23. The molecule has 0 aliphatic carbocycles. The number of nitrogens with one attached hydrogen (secondary N) is 1. The van der Waals surface area contributed by atoms with Crippen molar-refractivity contribution < 1.29 is 4.39 Å². The Morgan fingerprint density at radius 3 is 2.47 bits per heavy atom. The van der Waals surface area contributed by atoms with Crippen LogP contribution in [0.5, 0.6) is 0 Å². The summed E-state index contributed by atoms with van der Waals surface area (Å²) < 4.78 is 14.6. The van der Waals surface area contributed by atoms with Gasteiger partial charge in [-0.25, -0.2) is 4.39 Å². The van der Waals surface area contributed by atoms with Gasteiger partial charge in [0.1, 0.15) is 5.82 Å². The van der Waals surface area contributed by atoms with E-state index < -0.39 is 0 Å². The van der Waals surface area contributed by atoms with Crippen molar-refractivity contribution in [1.82, 2.24) is 5.43 Å². The van der Waals surface area contributed by atoms with Crippen LogP contribution >= 0.6 is 15.9 Å². The molecule has 0 saturated carbocycles.